The second kappa shape index (κ2) is 8.58. The molecule has 2 N–H and O–H groups in total. The van der Waals surface area contributed by atoms with Gasteiger partial charge in [-0.2, -0.15) is 0 Å². The fourth-order valence-corrected chi connectivity index (χ4v) is 6.10. The van der Waals surface area contributed by atoms with Crippen LogP contribution in [-0.4, -0.2) is 36.8 Å². The summed E-state index contributed by atoms with van der Waals surface area (Å²) in [7, 11) is 0. The van der Waals surface area contributed by atoms with Crippen molar-refractivity contribution < 1.29 is 23.9 Å². The molecule has 1 aromatic rings. The number of nitrogens with one attached hydrogen (secondary N) is 2. The second-order valence-electron chi connectivity index (χ2n) is 9.28. The van der Waals surface area contributed by atoms with E-state index in [9.17, 15) is 19.2 Å². The summed E-state index contributed by atoms with van der Waals surface area (Å²) >= 11 is 0. The van der Waals surface area contributed by atoms with Crippen LogP contribution in [0.15, 0.2) is 30.3 Å². The van der Waals surface area contributed by atoms with E-state index in [0.717, 1.165) is 37.0 Å². The minimum absolute atomic E-state index is 0.112. The SMILES string of the molecule is O=C(CC12CC3CC(CC(C3)C1)C2)NCC(=O)OCC(=O)NC(=O)c1ccccc1. The number of amides is 3. The van der Waals surface area contributed by atoms with Crippen LogP contribution in [0.2, 0.25) is 0 Å². The van der Waals surface area contributed by atoms with Crippen LogP contribution < -0.4 is 10.6 Å². The van der Waals surface area contributed by atoms with Crippen molar-refractivity contribution in [1.29, 1.82) is 0 Å². The number of hydrogen-bond acceptors (Lipinski definition) is 5. The summed E-state index contributed by atoms with van der Waals surface area (Å²) in [6, 6.07) is 8.29. The number of hydrogen-bond donors (Lipinski definition) is 2. The fraction of sp³-hybridized carbons (Fsp3) is 0.565. The Labute approximate surface area is 175 Å². The minimum atomic E-state index is -0.711. The van der Waals surface area contributed by atoms with Crippen LogP contribution in [0.3, 0.4) is 0 Å². The van der Waals surface area contributed by atoms with Gasteiger partial charge >= 0.3 is 5.97 Å². The van der Waals surface area contributed by atoms with E-state index in [1.54, 1.807) is 30.3 Å². The largest absolute Gasteiger partial charge is 0.454 e. The lowest BCUT2D eigenvalue weighted by Gasteiger charge is -2.56. The summed E-state index contributed by atoms with van der Waals surface area (Å²) < 4.78 is 4.87. The normalized spacial score (nSPS) is 28.6. The van der Waals surface area contributed by atoms with E-state index >= 15 is 0 Å². The molecule has 160 valence electrons. The number of imide groups is 1. The van der Waals surface area contributed by atoms with Gasteiger partial charge in [0.1, 0.15) is 6.54 Å². The van der Waals surface area contributed by atoms with Gasteiger partial charge < -0.3 is 10.1 Å². The van der Waals surface area contributed by atoms with E-state index < -0.39 is 24.4 Å². The molecule has 4 aliphatic carbocycles. The molecule has 4 bridgehead atoms. The zero-order chi connectivity index (χ0) is 21.1. The molecule has 0 atom stereocenters. The fourth-order valence-electron chi connectivity index (χ4n) is 6.10. The molecule has 1 aromatic carbocycles. The molecule has 0 heterocycles. The Balaban J connectivity index is 1.16. The van der Waals surface area contributed by atoms with Gasteiger partial charge in [-0.25, -0.2) is 0 Å². The topological polar surface area (TPSA) is 102 Å². The van der Waals surface area contributed by atoms with Gasteiger partial charge in [0, 0.05) is 12.0 Å². The Hall–Kier alpha value is -2.70. The maximum atomic E-state index is 12.4. The molecule has 3 amide bonds. The molecular weight excluding hydrogens is 384 g/mol. The predicted molar refractivity (Wildman–Crippen MR) is 108 cm³/mol. The van der Waals surface area contributed by atoms with Crippen LogP contribution >= 0.6 is 0 Å². The van der Waals surface area contributed by atoms with Crippen LogP contribution in [0, 0.1) is 23.2 Å². The van der Waals surface area contributed by atoms with Crippen molar-refractivity contribution in [3.63, 3.8) is 0 Å². The highest BCUT2D eigenvalue weighted by atomic mass is 16.5. The van der Waals surface area contributed by atoms with Crippen molar-refractivity contribution in [2.24, 2.45) is 23.2 Å². The van der Waals surface area contributed by atoms with E-state index in [0.29, 0.717) is 12.0 Å². The van der Waals surface area contributed by atoms with E-state index in [2.05, 4.69) is 10.6 Å². The summed E-state index contributed by atoms with van der Waals surface area (Å²) in [4.78, 5) is 48.0. The number of ether oxygens (including phenoxy) is 1. The van der Waals surface area contributed by atoms with E-state index in [1.165, 1.54) is 19.3 Å². The van der Waals surface area contributed by atoms with Gasteiger partial charge in [-0.05, 0) is 73.8 Å². The molecule has 0 radical (unpaired) electrons. The Kier molecular flexibility index (Phi) is 5.88. The summed E-state index contributed by atoms with van der Waals surface area (Å²) in [5.74, 6) is 0.217. The van der Waals surface area contributed by atoms with Gasteiger partial charge in [0.25, 0.3) is 11.8 Å². The summed E-state index contributed by atoms with van der Waals surface area (Å²) in [6.07, 6.45) is 7.83. The van der Waals surface area contributed by atoms with Crippen molar-refractivity contribution in [1.82, 2.24) is 10.6 Å². The van der Waals surface area contributed by atoms with Crippen molar-refractivity contribution >= 4 is 23.7 Å². The molecule has 0 aromatic heterocycles. The van der Waals surface area contributed by atoms with Crippen molar-refractivity contribution in [2.75, 3.05) is 13.2 Å². The summed E-state index contributed by atoms with van der Waals surface area (Å²) in [5, 5.41) is 4.80. The van der Waals surface area contributed by atoms with Gasteiger partial charge in [0.05, 0.1) is 0 Å². The first-order valence-electron chi connectivity index (χ1n) is 10.7. The molecule has 4 aliphatic rings. The van der Waals surface area contributed by atoms with Crippen LogP contribution in [-0.2, 0) is 19.1 Å². The predicted octanol–water partition coefficient (Wildman–Crippen LogP) is 2.21. The third kappa shape index (κ3) is 4.89. The maximum absolute atomic E-state index is 12.4. The third-order valence-corrected chi connectivity index (χ3v) is 6.78. The van der Waals surface area contributed by atoms with Gasteiger partial charge in [-0.3, -0.25) is 24.5 Å². The molecule has 4 fully saturated rings. The Morgan fingerprint density at radius 3 is 2.10 bits per heavy atom. The lowest BCUT2D eigenvalue weighted by atomic mass is 9.49. The highest BCUT2D eigenvalue weighted by Crippen LogP contribution is 2.61. The number of esters is 1. The smallest absolute Gasteiger partial charge is 0.325 e. The maximum Gasteiger partial charge on any atom is 0.325 e. The van der Waals surface area contributed by atoms with E-state index in [-0.39, 0.29) is 17.9 Å². The Morgan fingerprint density at radius 2 is 1.50 bits per heavy atom. The van der Waals surface area contributed by atoms with Gasteiger partial charge in [-0.15, -0.1) is 0 Å². The van der Waals surface area contributed by atoms with E-state index in [4.69, 9.17) is 4.74 Å². The minimum Gasteiger partial charge on any atom is -0.454 e. The second-order valence-corrected chi connectivity index (χ2v) is 9.28. The molecule has 0 aliphatic heterocycles. The van der Waals surface area contributed by atoms with Crippen LogP contribution in [0.1, 0.15) is 55.3 Å². The molecule has 0 unspecified atom stereocenters. The van der Waals surface area contributed by atoms with Gasteiger partial charge in [-0.1, -0.05) is 18.2 Å². The molecular formula is C23H28N2O5. The number of benzene rings is 1. The molecule has 7 nitrogen and oxygen atoms in total. The highest BCUT2D eigenvalue weighted by molar-refractivity contribution is 6.05. The summed E-state index contributed by atoms with van der Waals surface area (Å²) in [5.41, 5.74) is 0.453. The average Bonchev–Trinajstić information content (AvgIpc) is 2.70. The Bertz CT molecular complexity index is 800. The number of carbonyl (C=O) groups is 4. The van der Waals surface area contributed by atoms with Crippen molar-refractivity contribution in [2.45, 2.75) is 44.9 Å². The lowest BCUT2D eigenvalue weighted by Crippen LogP contribution is -2.48. The quantitative estimate of drug-likeness (QED) is 0.669. The Morgan fingerprint density at radius 1 is 0.900 bits per heavy atom. The third-order valence-electron chi connectivity index (χ3n) is 6.78. The van der Waals surface area contributed by atoms with E-state index in [1.807, 2.05) is 0 Å². The van der Waals surface area contributed by atoms with Crippen LogP contribution in [0.5, 0.6) is 0 Å². The zero-order valence-corrected chi connectivity index (χ0v) is 17.0. The zero-order valence-electron chi connectivity index (χ0n) is 17.0. The van der Waals surface area contributed by atoms with Crippen LogP contribution in [0.25, 0.3) is 0 Å². The molecule has 0 saturated heterocycles. The lowest BCUT2D eigenvalue weighted by molar-refractivity contribution is -0.148. The molecule has 4 saturated carbocycles. The molecule has 0 spiro atoms. The first-order chi connectivity index (χ1) is 14.4. The van der Waals surface area contributed by atoms with Gasteiger partial charge in [0.15, 0.2) is 6.61 Å². The molecule has 5 rings (SSSR count). The van der Waals surface area contributed by atoms with Gasteiger partial charge in [0.2, 0.25) is 5.91 Å². The first-order valence-corrected chi connectivity index (χ1v) is 10.7. The first kappa shape index (κ1) is 20.6. The molecule has 30 heavy (non-hydrogen) atoms. The van der Waals surface area contributed by atoms with Crippen LogP contribution in [0.4, 0.5) is 0 Å². The van der Waals surface area contributed by atoms with Crippen molar-refractivity contribution in [3.8, 4) is 0 Å². The average molecular weight is 412 g/mol. The molecule has 7 heteroatoms. The number of rotatable bonds is 7. The standard InChI is InChI=1S/C23H28N2O5/c26-19(12-23-9-15-6-16(10-23)8-17(7-15)11-23)24-13-21(28)30-14-20(27)25-22(29)18-4-2-1-3-5-18/h1-5,15-17H,6-14H2,(H,24,26)(H,25,27,29). The summed E-state index contributed by atoms with van der Waals surface area (Å²) in [6.45, 7) is -0.840. The van der Waals surface area contributed by atoms with Crippen molar-refractivity contribution in [3.05, 3.63) is 35.9 Å². The number of carbonyl (C=O) groups excluding carboxylic acids is 4. The highest BCUT2D eigenvalue weighted by Gasteiger charge is 2.51. The monoisotopic (exact) mass is 412 g/mol.